The summed E-state index contributed by atoms with van der Waals surface area (Å²) >= 11 is 0. The number of hydrogen-bond donors (Lipinski definition) is 0. The molecule has 84 valence electrons. The Kier molecular flexibility index (Phi) is 5.23. The predicted octanol–water partition coefficient (Wildman–Crippen LogP) is 4.37. The lowest BCUT2D eigenvalue weighted by Crippen LogP contribution is -2.15. The number of rotatable bonds is 4. The van der Waals surface area contributed by atoms with Gasteiger partial charge in [-0.3, -0.25) is 0 Å². The second-order valence-electron chi connectivity index (χ2n) is 4.27. The van der Waals surface area contributed by atoms with E-state index in [1.807, 2.05) is 32.1 Å². The van der Waals surface area contributed by atoms with Gasteiger partial charge in [0.25, 0.3) is 0 Å². The minimum atomic E-state index is 0.451. The van der Waals surface area contributed by atoms with Crippen LogP contribution in [0.5, 0.6) is 0 Å². The zero-order valence-electron chi connectivity index (χ0n) is 9.96. The minimum Gasteiger partial charge on any atom is -0.495 e. The highest BCUT2D eigenvalue weighted by Gasteiger charge is 2.13. The molecule has 1 rings (SSSR count). The van der Waals surface area contributed by atoms with Crippen LogP contribution in [-0.2, 0) is 4.74 Å². The molecule has 0 bridgehead atoms. The largest absolute Gasteiger partial charge is 0.495 e. The molecule has 0 aromatic heterocycles. The van der Waals surface area contributed by atoms with Crippen molar-refractivity contribution in [2.75, 3.05) is 0 Å². The molecule has 1 aliphatic rings. The molecular formula is C14H22O. The lowest BCUT2D eigenvalue weighted by atomic mass is 9.98. The second-order valence-corrected chi connectivity index (χ2v) is 4.27. The van der Waals surface area contributed by atoms with Crippen LogP contribution in [0.4, 0.5) is 0 Å². The van der Waals surface area contributed by atoms with Crippen molar-refractivity contribution in [3.63, 3.8) is 0 Å². The molecule has 1 fully saturated rings. The van der Waals surface area contributed by atoms with E-state index in [0.29, 0.717) is 6.10 Å². The first-order chi connectivity index (χ1) is 7.22. The Labute approximate surface area is 93.5 Å². The van der Waals surface area contributed by atoms with Crippen molar-refractivity contribution in [2.45, 2.75) is 52.1 Å². The van der Waals surface area contributed by atoms with Crippen LogP contribution >= 0.6 is 0 Å². The fourth-order valence-electron chi connectivity index (χ4n) is 1.80. The Hall–Kier alpha value is -0.980. The molecule has 15 heavy (non-hydrogen) atoms. The number of ether oxygens (including phenoxy) is 1. The maximum Gasteiger partial charge on any atom is 0.0982 e. The van der Waals surface area contributed by atoms with Crippen molar-refractivity contribution < 1.29 is 4.74 Å². The molecule has 1 heteroatoms. The monoisotopic (exact) mass is 206 g/mol. The van der Waals surface area contributed by atoms with Gasteiger partial charge in [-0.05, 0) is 45.6 Å². The molecular weight excluding hydrogens is 184 g/mol. The quantitative estimate of drug-likeness (QED) is 0.490. The molecule has 1 saturated carbocycles. The summed E-state index contributed by atoms with van der Waals surface area (Å²) in [5.41, 5.74) is 1.17. The van der Waals surface area contributed by atoms with Gasteiger partial charge in [0.15, 0.2) is 0 Å². The third-order valence-electron chi connectivity index (χ3n) is 2.81. The summed E-state index contributed by atoms with van der Waals surface area (Å²) in [5, 5.41) is 0. The smallest absolute Gasteiger partial charge is 0.0982 e. The SMILES string of the molecule is C=C/C(C)=C/C=C(\C)OC1CCCCC1. The summed E-state index contributed by atoms with van der Waals surface area (Å²) < 4.78 is 5.87. The van der Waals surface area contributed by atoms with Crippen LogP contribution in [0, 0.1) is 0 Å². The lowest BCUT2D eigenvalue weighted by molar-refractivity contribution is 0.0837. The summed E-state index contributed by atoms with van der Waals surface area (Å²) in [6.45, 7) is 7.78. The van der Waals surface area contributed by atoms with Gasteiger partial charge in [-0.2, -0.15) is 0 Å². The first-order valence-corrected chi connectivity index (χ1v) is 5.86. The third kappa shape index (κ3) is 4.87. The minimum absolute atomic E-state index is 0.451. The average molecular weight is 206 g/mol. The molecule has 0 amide bonds. The third-order valence-corrected chi connectivity index (χ3v) is 2.81. The normalized spacial score (nSPS) is 20.1. The molecule has 0 aliphatic heterocycles. The van der Waals surface area contributed by atoms with Crippen molar-refractivity contribution in [2.24, 2.45) is 0 Å². The van der Waals surface area contributed by atoms with Crippen molar-refractivity contribution >= 4 is 0 Å². The summed E-state index contributed by atoms with van der Waals surface area (Å²) in [6, 6.07) is 0. The van der Waals surface area contributed by atoms with Crippen LogP contribution in [0.15, 0.2) is 36.1 Å². The Morgan fingerprint density at radius 1 is 1.13 bits per heavy atom. The topological polar surface area (TPSA) is 9.23 Å². The molecule has 0 heterocycles. The Morgan fingerprint density at radius 3 is 2.40 bits per heavy atom. The van der Waals surface area contributed by atoms with Crippen molar-refractivity contribution in [3.05, 3.63) is 36.1 Å². The maximum atomic E-state index is 5.87. The van der Waals surface area contributed by atoms with Gasteiger partial charge < -0.3 is 4.74 Å². The van der Waals surface area contributed by atoms with E-state index in [1.54, 1.807) is 0 Å². The van der Waals surface area contributed by atoms with E-state index in [1.165, 1.54) is 37.7 Å². The molecule has 0 saturated heterocycles. The van der Waals surface area contributed by atoms with E-state index >= 15 is 0 Å². The standard InChI is InChI=1S/C14H22O/c1-4-12(2)10-11-13(3)15-14-8-6-5-7-9-14/h4,10-11,14H,1,5-9H2,2-3H3/b12-10+,13-11+. The van der Waals surface area contributed by atoms with Crippen molar-refractivity contribution in [3.8, 4) is 0 Å². The van der Waals surface area contributed by atoms with Crippen LogP contribution < -0.4 is 0 Å². The summed E-state index contributed by atoms with van der Waals surface area (Å²) in [6.07, 6.45) is 12.8. The molecule has 0 spiro atoms. The summed E-state index contributed by atoms with van der Waals surface area (Å²) in [5.74, 6) is 1.02. The fourth-order valence-corrected chi connectivity index (χ4v) is 1.80. The summed E-state index contributed by atoms with van der Waals surface area (Å²) in [7, 11) is 0. The molecule has 1 nitrogen and oxygen atoms in total. The van der Waals surface area contributed by atoms with Crippen LogP contribution in [0.3, 0.4) is 0 Å². The number of allylic oxidation sites excluding steroid dienone is 5. The van der Waals surface area contributed by atoms with Gasteiger partial charge in [0.05, 0.1) is 11.9 Å². The Bertz CT molecular complexity index is 255. The molecule has 0 radical (unpaired) electrons. The first-order valence-electron chi connectivity index (χ1n) is 5.86. The fraction of sp³-hybridized carbons (Fsp3) is 0.571. The molecule has 0 unspecified atom stereocenters. The maximum absolute atomic E-state index is 5.87. The Morgan fingerprint density at radius 2 is 1.80 bits per heavy atom. The van der Waals surface area contributed by atoms with Gasteiger partial charge >= 0.3 is 0 Å². The van der Waals surface area contributed by atoms with E-state index in [2.05, 4.69) is 6.58 Å². The van der Waals surface area contributed by atoms with Crippen molar-refractivity contribution in [1.29, 1.82) is 0 Å². The van der Waals surface area contributed by atoms with Gasteiger partial charge in [-0.1, -0.05) is 30.7 Å². The van der Waals surface area contributed by atoms with Gasteiger partial charge in [0.1, 0.15) is 0 Å². The van der Waals surface area contributed by atoms with Crippen LogP contribution in [-0.4, -0.2) is 6.10 Å². The number of hydrogen-bond acceptors (Lipinski definition) is 1. The van der Waals surface area contributed by atoms with E-state index in [4.69, 9.17) is 4.74 Å². The van der Waals surface area contributed by atoms with Gasteiger partial charge in [0, 0.05) is 0 Å². The molecule has 1 aliphatic carbocycles. The average Bonchev–Trinajstić information content (AvgIpc) is 2.27. The first kappa shape index (κ1) is 12.1. The van der Waals surface area contributed by atoms with Gasteiger partial charge in [0.2, 0.25) is 0 Å². The zero-order chi connectivity index (χ0) is 11.1. The van der Waals surface area contributed by atoms with Crippen LogP contribution in [0.25, 0.3) is 0 Å². The zero-order valence-corrected chi connectivity index (χ0v) is 9.96. The highest BCUT2D eigenvalue weighted by atomic mass is 16.5. The van der Waals surface area contributed by atoms with E-state index in [9.17, 15) is 0 Å². The molecule has 0 N–H and O–H groups in total. The molecule has 0 aromatic rings. The van der Waals surface area contributed by atoms with Gasteiger partial charge in [-0.25, -0.2) is 0 Å². The van der Waals surface area contributed by atoms with E-state index in [-0.39, 0.29) is 0 Å². The van der Waals surface area contributed by atoms with Gasteiger partial charge in [-0.15, -0.1) is 0 Å². The van der Waals surface area contributed by atoms with E-state index < -0.39 is 0 Å². The molecule has 0 aromatic carbocycles. The second kappa shape index (κ2) is 6.49. The van der Waals surface area contributed by atoms with Crippen LogP contribution in [0.2, 0.25) is 0 Å². The summed E-state index contributed by atoms with van der Waals surface area (Å²) in [4.78, 5) is 0. The Balaban J connectivity index is 2.39. The predicted molar refractivity (Wildman–Crippen MR) is 65.7 cm³/mol. The lowest BCUT2D eigenvalue weighted by Gasteiger charge is -2.23. The molecule has 0 atom stereocenters. The van der Waals surface area contributed by atoms with Crippen molar-refractivity contribution in [1.82, 2.24) is 0 Å². The highest BCUT2D eigenvalue weighted by molar-refractivity contribution is 5.20. The highest BCUT2D eigenvalue weighted by Crippen LogP contribution is 2.22. The van der Waals surface area contributed by atoms with Crippen LogP contribution in [0.1, 0.15) is 46.0 Å². The van der Waals surface area contributed by atoms with E-state index in [0.717, 1.165) is 5.76 Å².